The van der Waals surface area contributed by atoms with E-state index >= 15 is 0 Å². The van der Waals surface area contributed by atoms with Crippen molar-refractivity contribution in [1.82, 2.24) is 9.78 Å². The van der Waals surface area contributed by atoms with Crippen molar-refractivity contribution < 1.29 is 22.7 Å². The van der Waals surface area contributed by atoms with Crippen molar-refractivity contribution in [3.63, 3.8) is 0 Å². The highest BCUT2D eigenvalue weighted by atomic mass is 19.4. The third-order valence-corrected chi connectivity index (χ3v) is 4.14. The molecule has 5 nitrogen and oxygen atoms in total. The maximum Gasteiger partial charge on any atom is 0.416 e. The SMILES string of the molecule is O=C(COc1cccc(C(F)(F)F)c1)Nc1ccnn1C1CCCC1. The molecule has 8 heteroatoms. The molecule has 1 N–H and O–H groups in total. The summed E-state index contributed by atoms with van der Waals surface area (Å²) in [6.45, 7) is -0.378. The van der Waals surface area contributed by atoms with E-state index in [4.69, 9.17) is 4.74 Å². The Morgan fingerprint density at radius 2 is 2.04 bits per heavy atom. The van der Waals surface area contributed by atoms with E-state index in [0.29, 0.717) is 5.82 Å². The minimum Gasteiger partial charge on any atom is -0.484 e. The molecule has 0 aliphatic heterocycles. The molecule has 0 radical (unpaired) electrons. The fraction of sp³-hybridized carbons (Fsp3) is 0.412. The number of rotatable bonds is 5. The minimum atomic E-state index is -4.45. The summed E-state index contributed by atoms with van der Waals surface area (Å²) in [6, 6.07) is 6.41. The van der Waals surface area contributed by atoms with Crippen LogP contribution in [0.25, 0.3) is 0 Å². The molecule has 2 aromatic rings. The first-order valence-corrected chi connectivity index (χ1v) is 8.07. The Bertz CT molecular complexity index is 737. The Morgan fingerprint density at radius 3 is 2.76 bits per heavy atom. The second-order valence-corrected chi connectivity index (χ2v) is 5.96. The van der Waals surface area contributed by atoms with E-state index in [-0.39, 0.29) is 18.4 Å². The minimum absolute atomic E-state index is 0.00530. The molecule has 1 heterocycles. The maximum absolute atomic E-state index is 12.7. The number of benzene rings is 1. The molecule has 1 aromatic heterocycles. The summed E-state index contributed by atoms with van der Waals surface area (Å²) >= 11 is 0. The monoisotopic (exact) mass is 353 g/mol. The largest absolute Gasteiger partial charge is 0.484 e. The lowest BCUT2D eigenvalue weighted by atomic mass is 10.2. The van der Waals surface area contributed by atoms with Crippen molar-refractivity contribution in [2.24, 2.45) is 0 Å². The molecule has 1 aliphatic rings. The first kappa shape index (κ1) is 17.3. The lowest BCUT2D eigenvalue weighted by Crippen LogP contribution is -2.23. The predicted molar refractivity (Wildman–Crippen MR) is 85.3 cm³/mol. The van der Waals surface area contributed by atoms with Crippen LogP contribution in [0.3, 0.4) is 0 Å². The van der Waals surface area contributed by atoms with Crippen molar-refractivity contribution in [2.75, 3.05) is 11.9 Å². The zero-order valence-electron chi connectivity index (χ0n) is 13.4. The van der Waals surface area contributed by atoms with Gasteiger partial charge in [-0.2, -0.15) is 18.3 Å². The van der Waals surface area contributed by atoms with Gasteiger partial charge in [0.15, 0.2) is 6.61 Å². The number of anilines is 1. The number of aromatic nitrogens is 2. The highest BCUT2D eigenvalue weighted by Crippen LogP contribution is 2.32. The van der Waals surface area contributed by atoms with Crippen LogP contribution in [0.1, 0.15) is 37.3 Å². The van der Waals surface area contributed by atoms with Gasteiger partial charge in [0, 0.05) is 6.07 Å². The first-order chi connectivity index (χ1) is 11.9. The molecule has 1 fully saturated rings. The number of halogens is 3. The van der Waals surface area contributed by atoms with Gasteiger partial charge in [0.2, 0.25) is 0 Å². The van der Waals surface area contributed by atoms with Crippen LogP contribution in [0.15, 0.2) is 36.5 Å². The van der Waals surface area contributed by atoms with Gasteiger partial charge in [-0.05, 0) is 31.0 Å². The molecule has 0 bridgehead atoms. The van der Waals surface area contributed by atoms with Crippen molar-refractivity contribution in [3.8, 4) is 5.75 Å². The second kappa shape index (κ2) is 7.16. The number of ether oxygens (including phenoxy) is 1. The van der Waals surface area contributed by atoms with Gasteiger partial charge in [0.25, 0.3) is 5.91 Å². The number of carbonyl (C=O) groups is 1. The van der Waals surface area contributed by atoms with Gasteiger partial charge < -0.3 is 10.1 Å². The van der Waals surface area contributed by atoms with E-state index in [1.807, 2.05) is 0 Å². The molecule has 1 aromatic carbocycles. The van der Waals surface area contributed by atoms with Gasteiger partial charge in [-0.15, -0.1) is 0 Å². The number of nitrogens with one attached hydrogen (secondary N) is 1. The lowest BCUT2D eigenvalue weighted by Gasteiger charge is -2.15. The van der Waals surface area contributed by atoms with E-state index in [2.05, 4.69) is 10.4 Å². The zero-order valence-corrected chi connectivity index (χ0v) is 13.4. The molecule has 1 amide bonds. The number of hydrogen-bond donors (Lipinski definition) is 1. The van der Waals surface area contributed by atoms with Crippen LogP contribution in [0.5, 0.6) is 5.75 Å². The van der Waals surface area contributed by atoms with Gasteiger partial charge in [0.1, 0.15) is 11.6 Å². The van der Waals surface area contributed by atoms with Gasteiger partial charge in [-0.3, -0.25) is 4.79 Å². The van der Waals surface area contributed by atoms with E-state index < -0.39 is 17.6 Å². The number of nitrogens with zero attached hydrogens (tertiary/aromatic N) is 2. The topological polar surface area (TPSA) is 56.1 Å². The highest BCUT2D eigenvalue weighted by Gasteiger charge is 2.30. The molecule has 0 atom stereocenters. The zero-order chi connectivity index (χ0) is 17.9. The van der Waals surface area contributed by atoms with Gasteiger partial charge in [0.05, 0.1) is 17.8 Å². The van der Waals surface area contributed by atoms with Crippen LogP contribution >= 0.6 is 0 Å². The first-order valence-electron chi connectivity index (χ1n) is 8.07. The quantitative estimate of drug-likeness (QED) is 0.883. The van der Waals surface area contributed by atoms with Gasteiger partial charge in [-0.1, -0.05) is 18.9 Å². The third-order valence-electron chi connectivity index (χ3n) is 4.14. The normalized spacial score (nSPS) is 15.3. The Kier molecular flexibility index (Phi) is 4.96. The third kappa shape index (κ3) is 4.32. The molecule has 0 unspecified atom stereocenters. The highest BCUT2D eigenvalue weighted by molar-refractivity contribution is 5.91. The van der Waals surface area contributed by atoms with Crippen molar-refractivity contribution in [3.05, 3.63) is 42.1 Å². The number of carbonyl (C=O) groups excluding carboxylic acids is 1. The molecule has 134 valence electrons. The van der Waals surface area contributed by atoms with E-state index in [0.717, 1.165) is 37.8 Å². The fourth-order valence-electron chi connectivity index (χ4n) is 2.94. The summed E-state index contributed by atoms with van der Waals surface area (Å²) < 4.78 is 45.0. The van der Waals surface area contributed by atoms with Crippen LogP contribution < -0.4 is 10.1 Å². The molecular formula is C17H18F3N3O2. The number of alkyl halides is 3. The molecule has 0 saturated heterocycles. The van der Waals surface area contributed by atoms with E-state index in [1.165, 1.54) is 12.1 Å². The molecule has 25 heavy (non-hydrogen) atoms. The van der Waals surface area contributed by atoms with Crippen molar-refractivity contribution >= 4 is 11.7 Å². The van der Waals surface area contributed by atoms with Crippen LogP contribution in [-0.2, 0) is 11.0 Å². The summed E-state index contributed by atoms with van der Waals surface area (Å²) in [5.74, 6) is 0.121. The molecule has 1 saturated carbocycles. The summed E-state index contributed by atoms with van der Waals surface area (Å²) in [5, 5.41) is 6.94. The molecule has 3 rings (SSSR count). The number of amides is 1. The lowest BCUT2D eigenvalue weighted by molar-refractivity contribution is -0.137. The second-order valence-electron chi connectivity index (χ2n) is 5.96. The summed E-state index contributed by atoms with van der Waals surface area (Å²) in [4.78, 5) is 12.0. The number of hydrogen-bond acceptors (Lipinski definition) is 3. The van der Waals surface area contributed by atoms with Crippen LogP contribution in [0.2, 0.25) is 0 Å². The van der Waals surface area contributed by atoms with E-state index in [1.54, 1.807) is 16.9 Å². The van der Waals surface area contributed by atoms with Gasteiger partial charge in [-0.25, -0.2) is 4.68 Å². The van der Waals surface area contributed by atoms with Crippen LogP contribution in [0, 0.1) is 0 Å². The molecule has 1 aliphatic carbocycles. The Balaban J connectivity index is 1.58. The molecular weight excluding hydrogens is 335 g/mol. The van der Waals surface area contributed by atoms with Gasteiger partial charge >= 0.3 is 6.18 Å². The average Bonchev–Trinajstić information content (AvgIpc) is 3.23. The maximum atomic E-state index is 12.7. The Labute approximate surface area is 142 Å². The Morgan fingerprint density at radius 1 is 1.28 bits per heavy atom. The van der Waals surface area contributed by atoms with Crippen LogP contribution in [0.4, 0.5) is 19.0 Å². The Hall–Kier alpha value is -2.51. The van der Waals surface area contributed by atoms with Crippen LogP contribution in [-0.4, -0.2) is 22.3 Å². The average molecular weight is 353 g/mol. The smallest absolute Gasteiger partial charge is 0.416 e. The standard InChI is InChI=1S/C17H18F3N3O2/c18-17(19,20)12-4-3-7-14(10-12)25-11-16(24)22-15-8-9-21-23(15)13-5-1-2-6-13/h3-4,7-10,13H,1-2,5-6,11H2,(H,22,24). The van der Waals surface area contributed by atoms with Crippen molar-refractivity contribution in [1.29, 1.82) is 0 Å². The van der Waals surface area contributed by atoms with Crippen molar-refractivity contribution in [2.45, 2.75) is 37.9 Å². The summed E-state index contributed by atoms with van der Waals surface area (Å²) in [6.07, 6.45) is 1.47. The fourth-order valence-corrected chi connectivity index (χ4v) is 2.94. The summed E-state index contributed by atoms with van der Waals surface area (Å²) in [7, 11) is 0. The molecule has 0 spiro atoms. The predicted octanol–water partition coefficient (Wildman–Crippen LogP) is 4.03. The summed E-state index contributed by atoms with van der Waals surface area (Å²) in [5.41, 5.74) is -0.815. The van der Waals surface area contributed by atoms with E-state index in [9.17, 15) is 18.0 Å².